The average molecular weight is 146 g/mol. The van der Waals surface area contributed by atoms with Crippen molar-refractivity contribution in [1.82, 2.24) is 0 Å². The lowest BCUT2D eigenvalue weighted by molar-refractivity contribution is 0.549. The Kier molecular flexibility index (Phi) is 6.72. The van der Waals surface area contributed by atoms with E-state index in [2.05, 4.69) is 32.5 Å². The molecule has 1 atom stereocenters. The van der Waals surface area contributed by atoms with Crippen LogP contribution in [-0.4, -0.2) is 11.5 Å². The highest BCUT2D eigenvalue weighted by Gasteiger charge is 1.96. The standard InChI is InChI=1S/C8H18S/c1-4-8(3)6-7-9-5-2/h8H,4-7H2,1-3H3. The molecule has 0 aliphatic heterocycles. The molecule has 0 aromatic rings. The maximum atomic E-state index is 2.33. The second kappa shape index (κ2) is 6.47. The van der Waals surface area contributed by atoms with E-state index in [0.717, 1.165) is 5.92 Å². The summed E-state index contributed by atoms with van der Waals surface area (Å²) in [6, 6.07) is 0. The fourth-order valence-corrected chi connectivity index (χ4v) is 1.49. The molecule has 0 rings (SSSR count). The van der Waals surface area contributed by atoms with Crippen LogP contribution >= 0.6 is 11.8 Å². The molecule has 0 N–H and O–H groups in total. The lowest BCUT2D eigenvalue weighted by atomic mass is 10.1. The summed E-state index contributed by atoms with van der Waals surface area (Å²) < 4.78 is 0. The summed E-state index contributed by atoms with van der Waals surface area (Å²) in [6.45, 7) is 6.82. The van der Waals surface area contributed by atoms with E-state index in [1.165, 1.54) is 24.3 Å². The van der Waals surface area contributed by atoms with Crippen LogP contribution in [0, 0.1) is 5.92 Å². The van der Waals surface area contributed by atoms with Crippen LogP contribution < -0.4 is 0 Å². The molecule has 0 nitrogen and oxygen atoms in total. The van der Waals surface area contributed by atoms with Crippen molar-refractivity contribution in [2.75, 3.05) is 11.5 Å². The highest BCUT2D eigenvalue weighted by Crippen LogP contribution is 2.11. The normalized spacial score (nSPS) is 13.7. The van der Waals surface area contributed by atoms with Gasteiger partial charge in [-0.05, 0) is 23.8 Å². The van der Waals surface area contributed by atoms with Gasteiger partial charge >= 0.3 is 0 Å². The molecule has 0 fully saturated rings. The van der Waals surface area contributed by atoms with Crippen LogP contribution in [0.1, 0.15) is 33.6 Å². The first-order chi connectivity index (χ1) is 4.31. The smallest absolute Gasteiger partial charge is 0.00651 e. The maximum Gasteiger partial charge on any atom is -0.00651 e. The van der Waals surface area contributed by atoms with Gasteiger partial charge in [-0.15, -0.1) is 0 Å². The van der Waals surface area contributed by atoms with Crippen molar-refractivity contribution in [2.45, 2.75) is 33.6 Å². The van der Waals surface area contributed by atoms with E-state index in [4.69, 9.17) is 0 Å². The lowest BCUT2D eigenvalue weighted by Crippen LogP contribution is -1.93. The first-order valence-corrected chi connectivity index (χ1v) is 5.04. The summed E-state index contributed by atoms with van der Waals surface area (Å²) in [6.07, 6.45) is 2.74. The molecule has 0 amide bonds. The zero-order valence-electron chi connectivity index (χ0n) is 6.81. The molecular weight excluding hydrogens is 128 g/mol. The van der Waals surface area contributed by atoms with Crippen LogP contribution in [0.15, 0.2) is 0 Å². The molecule has 0 aromatic carbocycles. The molecule has 0 saturated heterocycles. The predicted octanol–water partition coefficient (Wildman–Crippen LogP) is 3.18. The predicted molar refractivity (Wildman–Crippen MR) is 47.1 cm³/mol. The van der Waals surface area contributed by atoms with Crippen molar-refractivity contribution in [3.05, 3.63) is 0 Å². The van der Waals surface area contributed by atoms with Crippen LogP contribution in [0.4, 0.5) is 0 Å². The molecule has 9 heavy (non-hydrogen) atoms. The van der Waals surface area contributed by atoms with Gasteiger partial charge in [0.25, 0.3) is 0 Å². The quantitative estimate of drug-likeness (QED) is 0.537. The van der Waals surface area contributed by atoms with E-state index in [1.807, 2.05) is 0 Å². The Morgan fingerprint density at radius 3 is 2.44 bits per heavy atom. The Hall–Kier alpha value is 0.350. The molecule has 1 unspecified atom stereocenters. The second-order valence-electron chi connectivity index (χ2n) is 2.50. The summed E-state index contributed by atoms with van der Waals surface area (Å²) in [5.41, 5.74) is 0. The number of rotatable bonds is 5. The van der Waals surface area contributed by atoms with E-state index in [-0.39, 0.29) is 0 Å². The third kappa shape index (κ3) is 6.23. The van der Waals surface area contributed by atoms with Gasteiger partial charge in [0, 0.05) is 0 Å². The van der Waals surface area contributed by atoms with Gasteiger partial charge in [-0.25, -0.2) is 0 Å². The first kappa shape index (κ1) is 9.35. The fraction of sp³-hybridized carbons (Fsp3) is 1.00. The van der Waals surface area contributed by atoms with Crippen LogP contribution in [0.3, 0.4) is 0 Å². The Morgan fingerprint density at radius 2 is 2.00 bits per heavy atom. The molecule has 0 saturated carbocycles. The Labute approximate surface area is 63.4 Å². The van der Waals surface area contributed by atoms with Crippen molar-refractivity contribution in [3.8, 4) is 0 Å². The van der Waals surface area contributed by atoms with Crippen molar-refractivity contribution in [1.29, 1.82) is 0 Å². The molecule has 0 aromatic heterocycles. The van der Waals surface area contributed by atoms with Gasteiger partial charge in [0.1, 0.15) is 0 Å². The van der Waals surface area contributed by atoms with Gasteiger partial charge in [-0.3, -0.25) is 0 Å². The summed E-state index contributed by atoms with van der Waals surface area (Å²) in [7, 11) is 0. The van der Waals surface area contributed by atoms with Crippen LogP contribution in [0.5, 0.6) is 0 Å². The third-order valence-electron chi connectivity index (χ3n) is 1.66. The highest BCUT2D eigenvalue weighted by atomic mass is 32.2. The van der Waals surface area contributed by atoms with E-state index in [0.29, 0.717) is 0 Å². The number of thioether (sulfide) groups is 1. The van der Waals surface area contributed by atoms with E-state index >= 15 is 0 Å². The van der Waals surface area contributed by atoms with Gasteiger partial charge < -0.3 is 0 Å². The number of hydrogen-bond donors (Lipinski definition) is 0. The van der Waals surface area contributed by atoms with Crippen molar-refractivity contribution >= 4 is 11.8 Å². The van der Waals surface area contributed by atoms with Crippen molar-refractivity contribution < 1.29 is 0 Å². The minimum Gasteiger partial charge on any atom is -0.162 e. The SMILES string of the molecule is CCSCCC(C)CC. The third-order valence-corrected chi connectivity index (χ3v) is 2.59. The lowest BCUT2D eigenvalue weighted by Gasteiger charge is -2.05. The monoisotopic (exact) mass is 146 g/mol. The van der Waals surface area contributed by atoms with E-state index < -0.39 is 0 Å². The fourth-order valence-electron chi connectivity index (χ4n) is 0.633. The average Bonchev–Trinajstić information content (AvgIpc) is 1.89. The Balaban J connectivity index is 2.88. The van der Waals surface area contributed by atoms with Crippen molar-refractivity contribution in [3.63, 3.8) is 0 Å². The molecular formula is C8H18S. The van der Waals surface area contributed by atoms with Crippen LogP contribution in [0.25, 0.3) is 0 Å². The summed E-state index contributed by atoms with van der Waals surface area (Å²) in [5.74, 6) is 3.56. The van der Waals surface area contributed by atoms with Gasteiger partial charge in [-0.2, -0.15) is 11.8 Å². The molecule has 0 heterocycles. The summed E-state index contributed by atoms with van der Waals surface area (Å²) in [5, 5.41) is 0. The Bertz CT molecular complexity index is 52.5. The van der Waals surface area contributed by atoms with E-state index in [9.17, 15) is 0 Å². The zero-order valence-corrected chi connectivity index (χ0v) is 7.63. The molecule has 0 aliphatic rings. The molecule has 0 bridgehead atoms. The second-order valence-corrected chi connectivity index (χ2v) is 3.89. The van der Waals surface area contributed by atoms with Crippen molar-refractivity contribution in [2.24, 2.45) is 5.92 Å². The highest BCUT2D eigenvalue weighted by molar-refractivity contribution is 7.99. The van der Waals surface area contributed by atoms with Gasteiger partial charge in [0.05, 0.1) is 0 Å². The van der Waals surface area contributed by atoms with Crippen LogP contribution in [-0.2, 0) is 0 Å². The van der Waals surface area contributed by atoms with Gasteiger partial charge in [0.2, 0.25) is 0 Å². The molecule has 0 spiro atoms. The van der Waals surface area contributed by atoms with Crippen LogP contribution in [0.2, 0.25) is 0 Å². The minimum atomic E-state index is 0.934. The van der Waals surface area contributed by atoms with Gasteiger partial charge in [0.15, 0.2) is 0 Å². The first-order valence-electron chi connectivity index (χ1n) is 3.89. The largest absolute Gasteiger partial charge is 0.162 e. The van der Waals surface area contributed by atoms with E-state index in [1.54, 1.807) is 0 Å². The topological polar surface area (TPSA) is 0 Å². The number of hydrogen-bond acceptors (Lipinski definition) is 1. The summed E-state index contributed by atoms with van der Waals surface area (Å²) >= 11 is 2.05. The zero-order chi connectivity index (χ0) is 7.11. The minimum absolute atomic E-state index is 0.934. The molecule has 56 valence electrons. The summed E-state index contributed by atoms with van der Waals surface area (Å²) in [4.78, 5) is 0. The maximum absolute atomic E-state index is 2.33. The van der Waals surface area contributed by atoms with Gasteiger partial charge in [-0.1, -0.05) is 27.2 Å². The molecule has 1 heteroatoms. The Morgan fingerprint density at radius 1 is 1.33 bits per heavy atom. The molecule has 0 radical (unpaired) electrons. The molecule has 0 aliphatic carbocycles.